The van der Waals surface area contributed by atoms with Crippen LogP contribution in [0, 0.1) is 10.1 Å². The van der Waals surface area contributed by atoms with E-state index in [0.29, 0.717) is 10.8 Å². The lowest BCUT2D eigenvalue weighted by atomic mass is 9.96. The molecule has 0 spiro atoms. The van der Waals surface area contributed by atoms with Crippen molar-refractivity contribution in [3.8, 4) is 11.3 Å². The number of thiazole rings is 1. The monoisotopic (exact) mass is 346 g/mol. The van der Waals surface area contributed by atoms with E-state index >= 15 is 0 Å². The van der Waals surface area contributed by atoms with Gasteiger partial charge in [0.15, 0.2) is 5.13 Å². The van der Waals surface area contributed by atoms with Gasteiger partial charge >= 0.3 is 6.03 Å². The van der Waals surface area contributed by atoms with Crippen LogP contribution in [0.5, 0.6) is 0 Å². The maximum Gasteiger partial charge on any atom is 0.321 e. The lowest BCUT2D eigenvalue weighted by Crippen LogP contribution is -2.38. The molecule has 2 aromatic rings. The molecule has 0 atom stereocenters. The van der Waals surface area contributed by atoms with Crippen molar-refractivity contribution in [2.45, 2.75) is 38.1 Å². The predicted octanol–water partition coefficient (Wildman–Crippen LogP) is 4.17. The van der Waals surface area contributed by atoms with Crippen LogP contribution in [0.3, 0.4) is 0 Å². The minimum absolute atomic E-state index is 0.0409. The third kappa shape index (κ3) is 4.08. The Bertz CT molecular complexity index is 723. The van der Waals surface area contributed by atoms with Gasteiger partial charge in [-0.05, 0) is 25.0 Å². The summed E-state index contributed by atoms with van der Waals surface area (Å²) in [6.07, 6.45) is 5.61. The lowest BCUT2D eigenvalue weighted by Gasteiger charge is -2.22. The summed E-state index contributed by atoms with van der Waals surface area (Å²) in [6, 6.07) is 6.20. The first-order valence-corrected chi connectivity index (χ1v) is 8.77. The number of amides is 2. The largest absolute Gasteiger partial charge is 0.335 e. The lowest BCUT2D eigenvalue weighted by molar-refractivity contribution is -0.384. The molecular weight excluding hydrogens is 328 g/mol. The van der Waals surface area contributed by atoms with E-state index < -0.39 is 4.92 Å². The molecule has 1 heterocycles. The van der Waals surface area contributed by atoms with Gasteiger partial charge in [0, 0.05) is 29.1 Å². The zero-order valence-corrected chi connectivity index (χ0v) is 13.8. The fourth-order valence-corrected chi connectivity index (χ4v) is 3.50. The number of nitrogens with zero attached hydrogens (tertiary/aromatic N) is 2. The summed E-state index contributed by atoms with van der Waals surface area (Å²) in [4.78, 5) is 26.6. The first-order chi connectivity index (χ1) is 11.6. The molecule has 1 aromatic carbocycles. The van der Waals surface area contributed by atoms with E-state index in [2.05, 4.69) is 15.6 Å². The van der Waals surface area contributed by atoms with Crippen molar-refractivity contribution in [3.05, 3.63) is 39.8 Å². The van der Waals surface area contributed by atoms with Crippen LogP contribution in [0.25, 0.3) is 11.3 Å². The molecule has 2 amide bonds. The van der Waals surface area contributed by atoms with E-state index in [1.54, 1.807) is 12.1 Å². The van der Waals surface area contributed by atoms with Crippen LogP contribution in [-0.2, 0) is 0 Å². The van der Waals surface area contributed by atoms with Gasteiger partial charge in [0.2, 0.25) is 0 Å². The fraction of sp³-hybridized carbons (Fsp3) is 0.375. The average molecular weight is 346 g/mol. The Morgan fingerprint density at radius 2 is 1.92 bits per heavy atom. The number of rotatable bonds is 4. The molecule has 8 heteroatoms. The van der Waals surface area contributed by atoms with Crippen LogP contribution >= 0.6 is 11.3 Å². The minimum atomic E-state index is -0.437. The molecule has 0 radical (unpaired) electrons. The number of non-ortho nitro benzene ring substituents is 1. The van der Waals surface area contributed by atoms with Gasteiger partial charge in [-0.2, -0.15) is 0 Å². The summed E-state index contributed by atoms with van der Waals surface area (Å²) in [5.41, 5.74) is 1.50. The molecule has 1 saturated carbocycles. The van der Waals surface area contributed by atoms with E-state index in [-0.39, 0.29) is 17.8 Å². The van der Waals surface area contributed by atoms with E-state index in [1.807, 2.05) is 5.38 Å². The van der Waals surface area contributed by atoms with Crippen molar-refractivity contribution >= 4 is 28.2 Å². The van der Waals surface area contributed by atoms with Crippen LogP contribution < -0.4 is 10.6 Å². The second kappa shape index (κ2) is 7.39. The van der Waals surface area contributed by atoms with Crippen molar-refractivity contribution in [1.82, 2.24) is 10.3 Å². The van der Waals surface area contributed by atoms with Crippen LogP contribution in [0.4, 0.5) is 15.6 Å². The van der Waals surface area contributed by atoms with Gasteiger partial charge in [-0.1, -0.05) is 19.3 Å². The van der Waals surface area contributed by atoms with E-state index in [0.717, 1.165) is 31.2 Å². The maximum absolute atomic E-state index is 12.0. The SMILES string of the molecule is O=C(Nc1nc(-c2ccc([N+](=O)[O-])cc2)cs1)NC1CCCCC1. The highest BCUT2D eigenvalue weighted by molar-refractivity contribution is 7.14. The van der Waals surface area contributed by atoms with Crippen LogP contribution in [0.15, 0.2) is 29.6 Å². The number of urea groups is 1. The first kappa shape index (κ1) is 16.4. The number of nitro benzene ring substituents is 1. The van der Waals surface area contributed by atoms with Crippen molar-refractivity contribution in [3.63, 3.8) is 0 Å². The van der Waals surface area contributed by atoms with E-state index in [9.17, 15) is 14.9 Å². The van der Waals surface area contributed by atoms with Gasteiger partial charge in [-0.25, -0.2) is 9.78 Å². The molecule has 2 N–H and O–H groups in total. The van der Waals surface area contributed by atoms with E-state index in [4.69, 9.17) is 0 Å². The summed E-state index contributed by atoms with van der Waals surface area (Å²) in [6.45, 7) is 0. The summed E-state index contributed by atoms with van der Waals surface area (Å²) in [7, 11) is 0. The summed E-state index contributed by atoms with van der Waals surface area (Å²) in [5.74, 6) is 0. The summed E-state index contributed by atoms with van der Waals surface area (Å²) >= 11 is 1.33. The number of carbonyl (C=O) groups excluding carboxylic acids is 1. The molecule has 0 bridgehead atoms. The zero-order valence-electron chi connectivity index (χ0n) is 13.0. The Morgan fingerprint density at radius 1 is 1.21 bits per heavy atom. The van der Waals surface area contributed by atoms with E-state index in [1.165, 1.54) is 29.9 Å². The third-order valence-electron chi connectivity index (χ3n) is 4.04. The maximum atomic E-state index is 12.0. The van der Waals surface area contributed by atoms with Crippen LogP contribution in [0.1, 0.15) is 32.1 Å². The zero-order chi connectivity index (χ0) is 16.9. The molecule has 0 unspecified atom stereocenters. The smallest absolute Gasteiger partial charge is 0.321 e. The second-order valence-electron chi connectivity index (χ2n) is 5.78. The van der Waals surface area contributed by atoms with Crippen molar-refractivity contribution < 1.29 is 9.72 Å². The predicted molar refractivity (Wildman–Crippen MR) is 93.2 cm³/mol. The Hall–Kier alpha value is -2.48. The van der Waals surface area contributed by atoms with Crippen LogP contribution in [-0.4, -0.2) is 22.0 Å². The van der Waals surface area contributed by atoms with Gasteiger partial charge in [-0.15, -0.1) is 11.3 Å². The Kier molecular flexibility index (Phi) is 5.05. The fourth-order valence-electron chi connectivity index (χ4n) is 2.78. The van der Waals surface area contributed by atoms with Gasteiger partial charge in [0.25, 0.3) is 5.69 Å². The molecule has 3 rings (SSSR count). The number of benzene rings is 1. The highest BCUT2D eigenvalue weighted by Gasteiger charge is 2.16. The van der Waals surface area contributed by atoms with Crippen molar-refractivity contribution in [1.29, 1.82) is 0 Å². The van der Waals surface area contributed by atoms with Gasteiger partial charge < -0.3 is 5.32 Å². The van der Waals surface area contributed by atoms with Crippen molar-refractivity contribution in [2.75, 3.05) is 5.32 Å². The molecule has 1 aliphatic rings. The molecule has 1 aliphatic carbocycles. The van der Waals surface area contributed by atoms with Gasteiger partial charge in [0.1, 0.15) is 0 Å². The normalized spacial score (nSPS) is 15.0. The third-order valence-corrected chi connectivity index (χ3v) is 4.80. The number of carbonyl (C=O) groups is 1. The second-order valence-corrected chi connectivity index (χ2v) is 6.63. The molecule has 7 nitrogen and oxygen atoms in total. The molecule has 1 fully saturated rings. The quantitative estimate of drug-likeness (QED) is 0.641. The number of hydrogen-bond donors (Lipinski definition) is 2. The average Bonchev–Trinajstić information content (AvgIpc) is 3.04. The standard InChI is InChI=1S/C16H18N4O3S/c21-15(17-12-4-2-1-3-5-12)19-16-18-14(10-24-16)11-6-8-13(9-7-11)20(22)23/h6-10,12H,1-5H2,(H2,17,18,19,21). The molecule has 0 saturated heterocycles. The van der Waals surface area contributed by atoms with Crippen LogP contribution in [0.2, 0.25) is 0 Å². The number of hydrogen-bond acceptors (Lipinski definition) is 5. The molecule has 0 aliphatic heterocycles. The first-order valence-electron chi connectivity index (χ1n) is 7.90. The highest BCUT2D eigenvalue weighted by atomic mass is 32.1. The Morgan fingerprint density at radius 3 is 2.58 bits per heavy atom. The Balaban J connectivity index is 1.60. The molecule has 126 valence electrons. The summed E-state index contributed by atoms with van der Waals surface area (Å²) < 4.78 is 0. The topological polar surface area (TPSA) is 97.2 Å². The number of nitro groups is 1. The van der Waals surface area contributed by atoms with Crippen molar-refractivity contribution in [2.24, 2.45) is 0 Å². The minimum Gasteiger partial charge on any atom is -0.335 e. The molecule has 24 heavy (non-hydrogen) atoms. The summed E-state index contributed by atoms with van der Waals surface area (Å²) in [5, 5.41) is 18.7. The highest BCUT2D eigenvalue weighted by Crippen LogP contribution is 2.26. The van der Waals surface area contributed by atoms with Gasteiger partial charge in [-0.3, -0.25) is 15.4 Å². The number of aromatic nitrogens is 1. The number of nitrogens with one attached hydrogen (secondary N) is 2. The Labute approximate surface area is 143 Å². The molecular formula is C16H18N4O3S. The number of anilines is 1. The van der Waals surface area contributed by atoms with Gasteiger partial charge in [0.05, 0.1) is 10.6 Å². The molecule has 1 aromatic heterocycles.